The molecule has 7 nitrogen and oxygen atoms in total. The third kappa shape index (κ3) is 4.14. The number of aromatic nitrogens is 1. The highest BCUT2D eigenvalue weighted by Crippen LogP contribution is 2.38. The topological polar surface area (TPSA) is 80.8 Å². The minimum absolute atomic E-state index is 0.0994. The number of hydrogen-bond donors (Lipinski definition) is 1. The normalized spacial score (nSPS) is 14.8. The van der Waals surface area contributed by atoms with Gasteiger partial charge in [-0.05, 0) is 48.9 Å². The zero-order valence-corrected chi connectivity index (χ0v) is 18.3. The van der Waals surface area contributed by atoms with Gasteiger partial charge in [0.05, 0.1) is 37.9 Å². The lowest BCUT2D eigenvalue weighted by molar-refractivity contribution is -0.121. The zero-order chi connectivity index (χ0) is 22.7. The lowest BCUT2D eigenvalue weighted by Crippen LogP contribution is -2.33. The van der Waals surface area contributed by atoms with Crippen LogP contribution in [0, 0.1) is 6.92 Å². The maximum atomic E-state index is 13.1. The van der Waals surface area contributed by atoms with E-state index in [1.165, 1.54) is 0 Å². The molecule has 1 unspecified atom stereocenters. The first kappa shape index (κ1) is 21.4. The Kier molecular flexibility index (Phi) is 6.07. The van der Waals surface area contributed by atoms with Crippen LogP contribution in [0.1, 0.15) is 39.6 Å². The molecular weight excluding hydrogens is 406 g/mol. The van der Waals surface area contributed by atoms with Crippen molar-refractivity contribution in [1.82, 2.24) is 10.3 Å². The van der Waals surface area contributed by atoms with Gasteiger partial charge in [0.25, 0.3) is 5.91 Å². The molecule has 1 N–H and O–H groups in total. The van der Waals surface area contributed by atoms with Crippen LogP contribution in [-0.4, -0.2) is 31.0 Å². The van der Waals surface area contributed by atoms with E-state index in [0.29, 0.717) is 29.3 Å². The van der Waals surface area contributed by atoms with Crippen molar-refractivity contribution in [1.29, 1.82) is 0 Å². The molecule has 3 aromatic rings. The van der Waals surface area contributed by atoms with Crippen molar-refractivity contribution < 1.29 is 19.1 Å². The quantitative estimate of drug-likeness (QED) is 0.615. The molecule has 0 spiro atoms. The highest BCUT2D eigenvalue weighted by Gasteiger charge is 2.39. The zero-order valence-electron chi connectivity index (χ0n) is 18.3. The van der Waals surface area contributed by atoms with E-state index in [2.05, 4.69) is 10.3 Å². The number of hydrogen-bond acceptors (Lipinski definition) is 5. The molecule has 0 saturated heterocycles. The number of amides is 2. The van der Waals surface area contributed by atoms with Gasteiger partial charge in [-0.15, -0.1) is 0 Å². The maximum absolute atomic E-state index is 13.1. The van der Waals surface area contributed by atoms with Crippen LogP contribution in [0.5, 0.6) is 11.5 Å². The van der Waals surface area contributed by atoms with Gasteiger partial charge in [-0.3, -0.25) is 19.5 Å². The van der Waals surface area contributed by atoms with Gasteiger partial charge < -0.3 is 14.8 Å². The molecule has 0 bridgehead atoms. The van der Waals surface area contributed by atoms with Crippen molar-refractivity contribution >= 4 is 17.5 Å². The van der Waals surface area contributed by atoms with E-state index in [0.717, 1.165) is 16.8 Å². The number of methoxy groups -OCH3 is 2. The van der Waals surface area contributed by atoms with E-state index in [1.54, 1.807) is 43.5 Å². The van der Waals surface area contributed by atoms with Gasteiger partial charge in [-0.1, -0.05) is 12.1 Å². The number of carbonyl (C=O) groups is 2. The van der Waals surface area contributed by atoms with Crippen LogP contribution in [0.4, 0.5) is 5.69 Å². The Morgan fingerprint density at radius 1 is 1.09 bits per heavy atom. The van der Waals surface area contributed by atoms with Crippen LogP contribution in [0.15, 0.2) is 60.8 Å². The van der Waals surface area contributed by atoms with Crippen LogP contribution in [0.3, 0.4) is 0 Å². The van der Waals surface area contributed by atoms with Gasteiger partial charge in [0.2, 0.25) is 5.91 Å². The second kappa shape index (κ2) is 9.09. The molecule has 0 fully saturated rings. The number of aryl methyl sites for hydroxylation is 1. The Morgan fingerprint density at radius 2 is 1.94 bits per heavy atom. The number of carbonyl (C=O) groups excluding carboxylic acids is 2. The largest absolute Gasteiger partial charge is 0.497 e. The summed E-state index contributed by atoms with van der Waals surface area (Å²) >= 11 is 0. The molecule has 2 heterocycles. The molecule has 0 aliphatic carbocycles. The molecule has 32 heavy (non-hydrogen) atoms. The predicted molar refractivity (Wildman–Crippen MR) is 121 cm³/mol. The van der Waals surface area contributed by atoms with Crippen molar-refractivity contribution in [2.75, 3.05) is 19.1 Å². The molecule has 1 aliphatic heterocycles. The van der Waals surface area contributed by atoms with Gasteiger partial charge in [0.1, 0.15) is 11.5 Å². The fraction of sp³-hybridized carbons (Fsp3) is 0.240. The van der Waals surface area contributed by atoms with E-state index < -0.39 is 6.04 Å². The summed E-state index contributed by atoms with van der Waals surface area (Å²) in [6, 6.07) is 16.2. The Morgan fingerprint density at radius 3 is 2.69 bits per heavy atom. The van der Waals surface area contributed by atoms with Gasteiger partial charge in [-0.25, -0.2) is 0 Å². The molecule has 0 radical (unpaired) electrons. The Bertz CT molecular complexity index is 1160. The molecular formula is C25H25N3O4. The third-order valence-corrected chi connectivity index (χ3v) is 5.54. The third-order valence-electron chi connectivity index (χ3n) is 5.54. The van der Waals surface area contributed by atoms with E-state index in [1.807, 2.05) is 43.3 Å². The van der Waals surface area contributed by atoms with E-state index >= 15 is 0 Å². The second-order valence-electron chi connectivity index (χ2n) is 7.62. The molecule has 2 amide bonds. The first-order chi connectivity index (χ1) is 15.5. The maximum Gasteiger partial charge on any atom is 0.260 e. The van der Waals surface area contributed by atoms with Crippen molar-refractivity contribution in [3.8, 4) is 11.5 Å². The predicted octanol–water partition coefficient (Wildman–Crippen LogP) is 3.82. The van der Waals surface area contributed by atoms with Crippen molar-refractivity contribution in [3.63, 3.8) is 0 Å². The Balaban J connectivity index is 1.54. The summed E-state index contributed by atoms with van der Waals surface area (Å²) < 4.78 is 10.6. The molecule has 7 heteroatoms. The molecule has 1 atom stereocenters. The van der Waals surface area contributed by atoms with Crippen LogP contribution in [-0.2, 0) is 11.3 Å². The summed E-state index contributed by atoms with van der Waals surface area (Å²) in [5, 5.41) is 2.94. The number of pyridine rings is 1. The lowest BCUT2D eigenvalue weighted by Gasteiger charge is -2.25. The van der Waals surface area contributed by atoms with Crippen LogP contribution < -0.4 is 19.7 Å². The summed E-state index contributed by atoms with van der Waals surface area (Å²) in [4.78, 5) is 32.2. The SMILES string of the molecule is COc1ccc(CNC(=O)CC2c3ncccc3C(=O)N2c2cccc(C)c2)c(OC)c1. The summed E-state index contributed by atoms with van der Waals surface area (Å²) in [7, 11) is 3.16. The molecule has 1 aromatic heterocycles. The van der Waals surface area contributed by atoms with Crippen LogP contribution >= 0.6 is 0 Å². The summed E-state index contributed by atoms with van der Waals surface area (Å²) in [5.74, 6) is 0.983. The summed E-state index contributed by atoms with van der Waals surface area (Å²) in [5.41, 5.74) is 3.77. The summed E-state index contributed by atoms with van der Waals surface area (Å²) in [6.45, 7) is 2.27. The average molecular weight is 431 g/mol. The van der Waals surface area contributed by atoms with Crippen LogP contribution in [0.2, 0.25) is 0 Å². The van der Waals surface area contributed by atoms with E-state index in [4.69, 9.17) is 9.47 Å². The molecule has 2 aromatic carbocycles. The van der Waals surface area contributed by atoms with Gasteiger partial charge in [-0.2, -0.15) is 0 Å². The number of ether oxygens (including phenoxy) is 2. The molecule has 1 aliphatic rings. The Hall–Kier alpha value is -3.87. The minimum atomic E-state index is -0.474. The van der Waals surface area contributed by atoms with Gasteiger partial charge in [0, 0.05) is 30.1 Å². The number of fused-ring (bicyclic) bond motifs is 1. The van der Waals surface area contributed by atoms with Crippen molar-refractivity contribution in [2.24, 2.45) is 0 Å². The highest BCUT2D eigenvalue weighted by atomic mass is 16.5. The Labute approximate surface area is 187 Å². The van der Waals surface area contributed by atoms with Gasteiger partial charge in [0.15, 0.2) is 0 Å². The van der Waals surface area contributed by atoms with E-state index in [9.17, 15) is 9.59 Å². The number of nitrogens with zero attached hydrogens (tertiary/aromatic N) is 2. The average Bonchev–Trinajstić information content (AvgIpc) is 3.09. The fourth-order valence-corrected chi connectivity index (χ4v) is 3.96. The van der Waals surface area contributed by atoms with E-state index in [-0.39, 0.29) is 18.2 Å². The number of anilines is 1. The minimum Gasteiger partial charge on any atom is -0.497 e. The molecule has 0 saturated carbocycles. The smallest absolute Gasteiger partial charge is 0.260 e. The lowest BCUT2D eigenvalue weighted by atomic mass is 10.1. The molecule has 164 valence electrons. The molecule has 4 rings (SSSR count). The number of rotatable bonds is 7. The monoisotopic (exact) mass is 431 g/mol. The highest BCUT2D eigenvalue weighted by molar-refractivity contribution is 6.11. The fourth-order valence-electron chi connectivity index (χ4n) is 3.96. The number of benzene rings is 2. The van der Waals surface area contributed by atoms with Crippen LogP contribution in [0.25, 0.3) is 0 Å². The van der Waals surface area contributed by atoms with Crippen molar-refractivity contribution in [2.45, 2.75) is 25.9 Å². The van der Waals surface area contributed by atoms with Crippen molar-refractivity contribution in [3.05, 3.63) is 83.2 Å². The second-order valence-corrected chi connectivity index (χ2v) is 7.62. The first-order valence-corrected chi connectivity index (χ1v) is 10.3. The standard InChI is InChI=1S/C25H25N3O4/c1-16-6-4-7-18(12-16)28-21(24-20(25(28)30)8-5-11-26-24)14-23(29)27-15-17-9-10-19(31-2)13-22(17)32-3/h4-13,21H,14-15H2,1-3H3,(H,27,29). The van der Waals surface area contributed by atoms with Gasteiger partial charge >= 0.3 is 0 Å². The number of nitrogens with one attached hydrogen (secondary N) is 1. The first-order valence-electron chi connectivity index (χ1n) is 10.3. The summed E-state index contributed by atoms with van der Waals surface area (Å²) in [6.07, 6.45) is 1.75.